The van der Waals surface area contributed by atoms with Crippen molar-refractivity contribution >= 4 is 11.4 Å². The van der Waals surface area contributed by atoms with Gasteiger partial charge in [0.05, 0.1) is 11.4 Å². The second-order valence-corrected chi connectivity index (χ2v) is 4.78. The lowest BCUT2D eigenvalue weighted by Gasteiger charge is -2.15. The first-order valence-electron chi connectivity index (χ1n) is 6.34. The summed E-state index contributed by atoms with van der Waals surface area (Å²) in [5.41, 5.74) is 6.29. The highest BCUT2D eigenvalue weighted by atomic mass is 19.3. The van der Waals surface area contributed by atoms with Crippen LogP contribution in [-0.2, 0) is 0 Å². The van der Waals surface area contributed by atoms with Crippen molar-refractivity contribution < 1.29 is 17.9 Å². The molecule has 0 spiro atoms. The van der Waals surface area contributed by atoms with E-state index in [1.807, 2.05) is 0 Å². The minimum absolute atomic E-state index is 0.192. The fourth-order valence-corrected chi connectivity index (χ4v) is 2.38. The van der Waals surface area contributed by atoms with Crippen LogP contribution in [0.25, 0.3) is 0 Å². The first-order chi connectivity index (χ1) is 9.06. The Labute approximate surface area is 109 Å². The molecule has 1 aliphatic rings. The van der Waals surface area contributed by atoms with Crippen LogP contribution in [0.4, 0.5) is 24.5 Å². The van der Waals surface area contributed by atoms with E-state index in [0.717, 1.165) is 18.9 Å². The van der Waals surface area contributed by atoms with Crippen LogP contribution in [0, 0.1) is 11.7 Å². The van der Waals surface area contributed by atoms with Crippen LogP contribution in [0.15, 0.2) is 12.1 Å². The van der Waals surface area contributed by atoms with Gasteiger partial charge in [-0.15, -0.1) is 0 Å². The number of nitrogens with one attached hydrogen (secondary N) is 1. The Kier molecular flexibility index (Phi) is 4.39. The molecule has 0 aliphatic heterocycles. The molecule has 0 bridgehead atoms. The van der Waals surface area contributed by atoms with E-state index in [4.69, 9.17) is 5.73 Å². The number of rotatable bonds is 5. The Morgan fingerprint density at radius 1 is 1.32 bits per heavy atom. The van der Waals surface area contributed by atoms with Crippen LogP contribution >= 0.6 is 0 Å². The van der Waals surface area contributed by atoms with Crippen LogP contribution in [0.3, 0.4) is 0 Å². The first-order valence-corrected chi connectivity index (χ1v) is 6.34. The summed E-state index contributed by atoms with van der Waals surface area (Å²) in [5, 5.41) is 3.08. The van der Waals surface area contributed by atoms with Crippen molar-refractivity contribution in [2.24, 2.45) is 5.92 Å². The van der Waals surface area contributed by atoms with E-state index in [2.05, 4.69) is 10.1 Å². The van der Waals surface area contributed by atoms with Crippen LogP contribution in [0.5, 0.6) is 5.75 Å². The van der Waals surface area contributed by atoms with Gasteiger partial charge in [-0.25, -0.2) is 4.39 Å². The molecule has 0 heterocycles. The predicted octanol–water partition coefficient (Wildman–Crippen LogP) is 3.61. The first kappa shape index (κ1) is 13.8. The monoisotopic (exact) mass is 274 g/mol. The molecule has 6 heteroatoms. The Bertz CT molecular complexity index is 434. The van der Waals surface area contributed by atoms with Gasteiger partial charge in [0.15, 0.2) is 11.6 Å². The fourth-order valence-electron chi connectivity index (χ4n) is 2.38. The normalized spacial score (nSPS) is 16.0. The molecule has 0 aromatic heterocycles. The van der Waals surface area contributed by atoms with E-state index >= 15 is 0 Å². The number of halogens is 3. The van der Waals surface area contributed by atoms with E-state index in [9.17, 15) is 13.2 Å². The second kappa shape index (κ2) is 6.04. The Balaban J connectivity index is 2.05. The summed E-state index contributed by atoms with van der Waals surface area (Å²) in [6.45, 7) is -2.34. The van der Waals surface area contributed by atoms with E-state index in [0.29, 0.717) is 18.2 Å². The quantitative estimate of drug-likeness (QED) is 0.806. The average molecular weight is 274 g/mol. The zero-order valence-corrected chi connectivity index (χ0v) is 10.5. The molecule has 0 radical (unpaired) electrons. The van der Waals surface area contributed by atoms with Crippen molar-refractivity contribution in [3.05, 3.63) is 17.9 Å². The fraction of sp³-hybridized carbons (Fsp3) is 0.538. The smallest absolute Gasteiger partial charge is 0.387 e. The molecule has 1 aromatic rings. The van der Waals surface area contributed by atoms with E-state index in [1.165, 1.54) is 18.9 Å². The molecule has 19 heavy (non-hydrogen) atoms. The maximum Gasteiger partial charge on any atom is 0.387 e. The van der Waals surface area contributed by atoms with Gasteiger partial charge >= 0.3 is 6.61 Å². The zero-order valence-electron chi connectivity index (χ0n) is 10.5. The van der Waals surface area contributed by atoms with E-state index in [-0.39, 0.29) is 5.69 Å². The van der Waals surface area contributed by atoms with Gasteiger partial charge in [-0.2, -0.15) is 8.78 Å². The zero-order chi connectivity index (χ0) is 13.8. The number of anilines is 2. The second-order valence-electron chi connectivity index (χ2n) is 4.78. The molecule has 0 saturated heterocycles. The minimum atomic E-state index is -3.05. The third-order valence-electron chi connectivity index (χ3n) is 3.38. The summed E-state index contributed by atoms with van der Waals surface area (Å²) >= 11 is 0. The molecule has 0 atom stereocenters. The van der Waals surface area contributed by atoms with Crippen molar-refractivity contribution in [2.75, 3.05) is 17.6 Å². The summed E-state index contributed by atoms with van der Waals surface area (Å²) in [6.07, 6.45) is 4.72. The number of hydrogen-bond donors (Lipinski definition) is 2. The molecule has 106 valence electrons. The van der Waals surface area contributed by atoms with Crippen LogP contribution in [0.1, 0.15) is 25.7 Å². The molecular weight excluding hydrogens is 257 g/mol. The van der Waals surface area contributed by atoms with Crippen LogP contribution < -0.4 is 15.8 Å². The maximum atomic E-state index is 13.4. The highest BCUT2D eigenvalue weighted by Gasteiger charge is 2.17. The van der Waals surface area contributed by atoms with Gasteiger partial charge in [-0.3, -0.25) is 0 Å². The number of benzene rings is 1. The molecule has 0 unspecified atom stereocenters. The van der Waals surface area contributed by atoms with Gasteiger partial charge in [0.25, 0.3) is 0 Å². The minimum Gasteiger partial charge on any atom is -0.432 e. The van der Waals surface area contributed by atoms with Crippen molar-refractivity contribution in [1.82, 2.24) is 0 Å². The Morgan fingerprint density at radius 3 is 2.63 bits per heavy atom. The third kappa shape index (κ3) is 3.68. The van der Waals surface area contributed by atoms with Crippen LogP contribution in [0.2, 0.25) is 0 Å². The molecule has 3 nitrogen and oxygen atoms in total. The predicted molar refractivity (Wildman–Crippen MR) is 67.9 cm³/mol. The number of hydrogen-bond acceptors (Lipinski definition) is 3. The lowest BCUT2D eigenvalue weighted by atomic mass is 10.1. The molecule has 0 amide bonds. The highest BCUT2D eigenvalue weighted by Crippen LogP contribution is 2.31. The summed E-state index contributed by atoms with van der Waals surface area (Å²) in [7, 11) is 0. The molecule has 1 aromatic carbocycles. The van der Waals surface area contributed by atoms with Gasteiger partial charge < -0.3 is 15.8 Å². The molecule has 2 rings (SSSR count). The van der Waals surface area contributed by atoms with Crippen molar-refractivity contribution in [3.8, 4) is 5.75 Å². The maximum absolute atomic E-state index is 13.4. The summed E-state index contributed by atoms with van der Waals surface area (Å²) in [6, 6.07) is 2.18. The largest absolute Gasteiger partial charge is 0.432 e. The summed E-state index contributed by atoms with van der Waals surface area (Å²) < 4.78 is 41.7. The Morgan fingerprint density at radius 2 is 2.00 bits per heavy atom. The van der Waals surface area contributed by atoms with Gasteiger partial charge in [0, 0.05) is 18.7 Å². The molecule has 1 aliphatic carbocycles. The average Bonchev–Trinajstić information content (AvgIpc) is 2.83. The lowest BCUT2D eigenvalue weighted by Crippen LogP contribution is -2.13. The lowest BCUT2D eigenvalue weighted by molar-refractivity contribution is -0.0521. The topological polar surface area (TPSA) is 47.3 Å². The molecule has 1 fully saturated rings. The third-order valence-corrected chi connectivity index (χ3v) is 3.38. The standard InChI is InChI=1S/C13H17F3N2O/c14-9-5-10(17)11(6-12(9)19-13(15)16)18-7-8-3-1-2-4-8/h5-6,8,13,18H,1-4,7,17H2. The SMILES string of the molecule is Nc1cc(F)c(OC(F)F)cc1NCC1CCCC1. The molecule has 3 N–H and O–H groups in total. The van der Waals surface area contributed by atoms with Gasteiger partial charge in [0.1, 0.15) is 0 Å². The van der Waals surface area contributed by atoms with Crippen molar-refractivity contribution in [2.45, 2.75) is 32.3 Å². The van der Waals surface area contributed by atoms with Gasteiger partial charge in [-0.1, -0.05) is 12.8 Å². The van der Waals surface area contributed by atoms with Crippen LogP contribution in [-0.4, -0.2) is 13.2 Å². The Hall–Kier alpha value is -1.59. The van der Waals surface area contributed by atoms with E-state index in [1.54, 1.807) is 0 Å². The highest BCUT2D eigenvalue weighted by molar-refractivity contribution is 5.68. The number of nitrogens with two attached hydrogens (primary N) is 1. The molecule has 1 saturated carbocycles. The number of ether oxygens (including phenoxy) is 1. The van der Waals surface area contributed by atoms with Crippen molar-refractivity contribution in [1.29, 1.82) is 0 Å². The summed E-state index contributed by atoms with van der Waals surface area (Å²) in [4.78, 5) is 0. The van der Waals surface area contributed by atoms with Gasteiger partial charge in [-0.05, 0) is 18.8 Å². The summed E-state index contributed by atoms with van der Waals surface area (Å²) in [5.74, 6) is -0.814. The van der Waals surface area contributed by atoms with E-state index < -0.39 is 18.2 Å². The van der Waals surface area contributed by atoms with Gasteiger partial charge in [0.2, 0.25) is 0 Å². The van der Waals surface area contributed by atoms with Crippen molar-refractivity contribution in [3.63, 3.8) is 0 Å². The number of nitrogen functional groups attached to an aromatic ring is 1. The molecular formula is C13H17F3N2O. The number of alkyl halides is 2.